The molecule has 2 unspecified atom stereocenters. The first-order valence-electron chi connectivity index (χ1n) is 24.3. The Morgan fingerprint density at radius 2 is 0.636 bits per heavy atom. The van der Waals surface area contributed by atoms with Crippen LogP contribution in [0, 0.1) is 0 Å². The summed E-state index contributed by atoms with van der Waals surface area (Å²) < 4.78 is 62.5. The van der Waals surface area contributed by atoms with Crippen LogP contribution in [0.4, 0.5) is 0 Å². The van der Waals surface area contributed by atoms with E-state index in [4.69, 9.17) is 47.4 Å². The number of carbonyl (C=O) groups is 7. The van der Waals surface area contributed by atoms with E-state index in [1.807, 2.05) is 0 Å². The quantitative estimate of drug-likeness (QED) is 0.0550. The van der Waals surface area contributed by atoms with Gasteiger partial charge in [0.15, 0.2) is 24.4 Å². The van der Waals surface area contributed by atoms with Crippen LogP contribution in [0.15, 0.2) is 212 Å². The third kappa shape index (κ3) is 13.0. The van der Waals surface area contributed by atoms with E-state index in [1.54, 1.807) is 127 Å². The van der Waals surface area contributed by atoms with Gasteiger partial charge < -0.3 is 47.4 Å². The molecule has 7 aromatic carbocycles. The van der Waals surface area contributed by atoms with Crippen LogP contribution in [0.25, 0.3) is 0 Å². The highest BCUT2D eigenvalue weighted by molar-refractivity contribution is 5.93. The number of esters is 7. The molecule has 0 amide bonds. The van der Waals surface area contributed by atoms with Gasteiger partial charge >= 0.3 is 41.8 Å². The van der Waals surface area contributed by atoms with E-state index in [1.165, 1.54) is 84.9 Å². The molecule has 9 rings (SSSR count). The van der Waals surface area contributed by atoms with Gasteiger partial charge in [0.2, 0.25) is 12.1 Å². The number of hydrogen-bond donors (Lipinski definition) is 0. The Labute approximate surface area is 441 Å². The molecule has 0 spiro atoms. The molecule has 0 aromatic heterocycles. The van der Waals surface area contributed by atoms with Crippen molar-refractivity contribution in [2.45, 2.75) is 48.7 Å². The van der Waals surface area contributed by atoms with Gasteiger partial charge in [-0.1, -0.05) is 127 Å². The molecule has 2 saturated heterocycles. The fraction of sp³-hybridized carbons (Fsp3) is 0.183. The normalized spacial score (nSPS) is 21.4. The third-order valence-electron chi connectivity index (χ3n) is 12.2. The average Bonchev–Trinajstić information content (AvgIpc) is 3.98. The second kappa shape index (κ2) is 24.8. The summed E-state index contributed by atoms with van der Waals surface area (Å²) in [5.74, 6) is -9.06. The van der Waals surface area contributed by atoms with Crippen molar-refractivity contribution < 1.29 is 80.9 Å². The molecule has 0 aliphatic carbocycles. The Balaban J connectivity index is 1.17. The first kappa shape index (κ1) is 52.6. The van der Waals surface area contributed by atoms with Crippen LogP contribution >= 0.6 is 0 Å². The number of ether oxygens (including phenoxy) is 10. The van der Waals surface area contributed by atoms with E-state index in [9.17, 15) is 33.6 Å². The van der Waals surface area contributed by atoms with Crippen LogP contribution in [0.3, 0.4) is 0 Å². The van der Waals surface area contributed by atoms with Crippen molar-refractivity contribution in [2.24, 2.45) is 0 Å². The van der Waals surface area contributed by atoms with E-state index in [-0.39, 0.29) is 38.9 Å². The number of hydrogen-bond acceptors (Lipinski definition) is 17. The molecule has 2 fully saturated rings. The lowest BCUT2D eigenvalue weighted by Crippen LogP contribution is -2.56. The largest absolute Gasteiger partial charge is 0.459 e. The highest BCUT2D eigenvalue weighted by atomic mass is 16.8. The van der Waals surface area contributed by atoms with Crippen LogP contribution in [0.1, 0.15) is 72.5 Å². The Bertz CT molecular complexity index is 3130. The molecule has 0 saturated carbocycles. The highest BCUT2D eigenvalue weighted by Crippen LogP contribution is 2.42. The van der Waals surface area contributed by atoms with Gasteiger partial charge in [-0.15, -0.1) is 0 Å². The Morgan fingerprint density at radius 1 is 0.338 bits per heavy atom. The topological polar surface area (TPSA) is 212 Å². The average molecular weight is 1040 g/mol. The zero-order valence-electron chi connectivity index (χ0n) is 40.8. The zero-order chi connectivity index (χ0) is 53.6. The van der Waals surface area contributed by atoms with Gasteiger partial charge in [0.25, 0.3) is 0 Å². The predicted octanol–water partition coefficient (Wildman–Crippen LogP) is 8.30. The van der Waals surface area contributed by atoms with Crippen molar-refractivity contribution in [2.75, 3.05) is 19.8 Å². The molecule has 77 heavy (non-hydrogen) atoms. The molecule has 17 nitrogen and oxygen atoms in total. The minimum absolute atomic E-state index is 0.00902. The SMILES string of the molecule is O=C(OC[C@H]1O[C@H](O[C@]2(COC(=O)c3ccccc3)O[C@H](COC(=O)c3ccccc3)[C@H](OC(=O)c3ccccc3)C2OC(=O)c2ccccc2)[C@@H](OC(=O)c2ccccc2)C1OC(=O)c1ccccc1)c1ccccc1. The molecule has 390 valence electrons. The summed E-state index contributed by atoms with van der Waals surface area (Å²) >= 11 is 0. The fourth-order valence-electron chi connectivity index (χ4n) is 8.40. The predicted molar refractivity (Wildman–Crippen MR) is 270 cm³/mol. The second-order valence-electron chi connectivity index (χ2n) is 17.4. The Hall–Kier alpha value is -9.29. The molecule has 7 aromatic rings. The van der Waals surface area contributed by atoms with Crippen molar-refractivity contribution in [1.29, 1.82) is 0 Å². The molecule has 0 N–H and O–H groups in total. The summed E-state index contributed by atoms with van der Waals surface area (Å²) in [5.41, 5.74) is 0.570. The minimum Gasteiger partial charge on any atom is -0.459 e. The van der Waals surface area contributed by atoms with E-state index in [0.717, 1.165) is 0 Å². The molecule has 2 heterocycles. The zero-order valence-corrected chi connectivity index (χ0v) is 40.8. The molecular formula is C60H48O17. The van der Waals surface area contributed by atoms with E-state index >= 15 is 0 Å². The number of benzene rings is 7. The highest BCUT2D eigenvalue weighted by Gasteiger charge is 2.65. The van der Waals surface area contributed by atoms with Gasteiger partial charge in [-0.3, -0.25) is 0 Å². The van der Waals surface area contributed by atoms with Crippen LogP contribution < -0.4 is 0 Å². The summed E-state index contributed by atoms with van der Waals surface area (Å²) in [7, 11) is 0. The first-order valence-corrected chi connectivity index (χ1v) is 24.3. The molecule has 0 radical (unpaired) electrons. The van der Waals surface area contributed by atoms with Gasteiger partial charge in [0.1, 0.15) is 32.0 Å². The van der Waals surface area contributed by atoms with Crippen molar-refractivity contribution in [3.05, 3.63) is 251 Å². The summed E-state index contributed by atoms with van der Waals surface area (Å²) in [6.45, 7) is -2.35. The van der Waals surface area contributed by atoms with Gasteiger partial charge in [-0.25, -0.2) is 33.6 Å². The lowest BCUT2D eigenvalue weighted by molar-refractivity contribution is -0.339. The van der Waals surface area contributed by atoms with E-state index in [2.05, 4.69) is 0 Å². The summed E-state index contributed by atoms with van der Waals surface area (Å²) in [5, 5.41) is 0. The molecular weight excluding hydrogens is 993 g/mol. The lowest BCUT2D eigenvalue weighted by Gasteiger charge is -2.36. The smallest absolute Gasteiger partial charge is 0.338 e. The van der Waals surface area contributed by atoms with Gasteiger partial charge in [0.05, 0.1) is 38.9 Å². The second-order valence-corrected chi connectivity index (χ2v) is 17.4. The van der Waals surface area contributed by atoms with Crippen LogP contribution in [-0.2, 0) is 47.4 Å². The summed E-state index contributed by atoms with van der Waals surface area (Å²) in [6.07, 6.45) is -12.3. The Morgan fingerprint density at radius 3 is 1.01 bits per heavy atom. The molecule has 17 heteroatoms. The Kier molecular flexibility index (Phi) is 17.0. The summed E-state index contributed by atoms with van der Waals surface area (Å²) in [6, 6.07) is 54.9. The number of carbonyl (C=O) groups excluding carboxylic acids is 7. The van der Waals surface area contributed by atoms with Crippen molar-refractivity contribution >= 4 is 41.8 Å². The fourth-order valence-corrected chi connectivity index (χ4v) is 8.40. The maximum atomic E-state index is 14.5. The molecule has 8 atom stereocenters. The van der Waals surface area contributed by atoms with E-state index < -0.39 is 110 Å². The monoisotopic (exact) mass is 1040 g/mol. The van der Waals surface area contributed by atoms with Gasteiger partial charge in [-0.05, 0) is 84.9 Å². The van der Waals surface area contributed by atoms with Crippen LogP contribution in [0.2, 0.25) is 0 Å². The van der Waals surface area contributed by atoms with Crippen molar-refractivity contribution in [1.82, 2.24) is 0 Å². The van der Waals surface area contributed by atoms with Crippen molar-refractivity contribution in [3.63, 3.8) is 0 Å². The molecule has 0 bridgehead atoms. The molecule has 2 aliphatic heterocycles. The maximum Gasteiger partial charge on any atom is 0.338 e. The van der Waals surface area contributed by atoms with E-state index in [0.29, 0.717) is 0 Å². The molecule has 2 aliphatic rings. The van der Waals surface area contributed by atoms with Crippen LogP contribution in [0.5, 0.6) is 0 Å². The maximum absolute atomic E-state index is 14.5. The van der Waals surface area contributed by atoms with Gasteiger partial charge in [-0.2, -0.15) is 0 Å². The number of rotatable bonds is 19. The standard InChI is InChI=1S/C60H48O17/c61-52(39-22-8-1-9-23-39)68-36-46-48(72-55(64)42-28-14-4-15-29-42)50(74-57(66)44-32-18-6-19-33-44)59(71-46)77-60(38-70-54(63)41-26-12-3-13-27-41)51(75-58(67)45-34-20-7-21-35-45)49(73-56(65)43-30-16-5-17-31-43)47(76-60)37-69-53(62)40-24-10-2-11-25-40/h1-35,46-51,59H,36-38H2/t46-,47-,48?,49+,50+,51?,59-,60+/m1/s1. The first-order chi connectivity index (χ1) is 37.5. The third-order valence-corrected chi connectivity index (χ3v) is 12.2. The van der Waals surface area contributed by atoms with Crippen molar-refractivity contribution in [3.8, 4) is 0 Å². The summed E-state index contributed by atoms with van der Waals surface area (Å²) in [4.78, 5) is 98.2. The van der Waals surface area contributed by atoms with Gasteiger partial charge in [0, 0.05) is 0 Å². The minimum atomic E-state index is -2.69. The van der Waals surface area contributed by atoms with Crippen LogP contribution in [-0.4, -0.2) is 110 Å². The lowest BCUT2D eigenvalue weighted by atomic mass is 10.0.